The van der Waals surface area contributed by atoms with E-state index in [1.807, 2.05) is 54.5 Å². The molecule has 20 heavy (non-hydrogen) atoms. The van der Waals surface area contributed by atoms with Gasteiger partial charge < -0.3 is 4.74 Å². The van der Waals surface area contributed by atoms with Crippen molar-refractivity contribution in [1.29, 1.82) is 0 Å². The highest BCUT2D eigenvalue weighted by Gasteiger charge is 2.76. The molecule has 0 amide bonds. The fraction of sp³-hybridized carbons (Fsp3) is 0.750. The van der Waals surface area contributed by atoms with Crippen molar-refractivity contribution in [2.75, 3.05) is 5.75 Å². The molecule has 112 valence electrons. The quantitative estimate of drug-likeness (QED) is 0.696. The van der Waals surface area contributed by atoms with Crippen LogP contribution in [-0.4, -0.2) is 27.9 Å². The molecule has 4 heteroatoms. The first kappa shape index (κ1) is 15.6. The second-order valence-electron chi connectivity index (χ2n) is 7.69. The Bertz CT molecular complexity index is 488. The SMILES string of the molecule is CC(C)(C)OC(=O)C1=CCSC12C(C)(C)C(=O)C2(C)C. The summed E-state index contributed by atoms with van der Waals surface area (Å²) in [5.74, 6) is 0.694. The largest absolute Gasteiger partial charge is 0.457 e. The van der Waals surface area contributed by atoms with Gasteiger partial charge in [-0.25, -0.2) is 4.79 Å². The number of esters is 1. The van der Waals surface area contributed by atoms with Crippen molar-refractivity contribution in [3.05, 3.63) is 11.6 Å². The first-order valence-electron chi connectivity index (χ1n) is 7.01. The summed E-state index contributed by atoms with van der Waals surface area (Å²) in [4.78, 5) is 25.0. The lowest BCUT2D eigenvalue weighted by atomic mass is 9.44. The van der Waals surface area contributed by atoms with Crippen LogP contribution in [0.3, 0.4) is 0 Å². The molecule has 2 rings (SSSR count). The van der Waals surface area contributed by atoms with Crippen molar-refractivity contribution in [1.82, 2.24) is 0 Å². The Balaban J connectivity index is 2.41. The highest BCUT2D eigenvalue weighted by Crippen LogP contribution is 2.70. The maximum atomic E-state index is 12.5. The standard InChI is InChI=1S/C16H24O3S/c1-13(2,3)19-11(17)10-8-9-20-16(10)14(4,5)12(18)15(16,6)7/h8H,9H2,1-7H3. The van der Waals surface area contributed by atoms with E-state index in [0.717, 1.165) is 5.75 Å². The van der Waals surface area contributed by atoms with Crippen molar-refractivity contribution in [2.45, 2.75) is 58.8 Å². The number of rotatable bonds is 1. The van der Waals surface area contributed by atoms with Crippen LogP contribution in [0, 0.1) is 10.8 Å². The summed E-state index contributed by atoms with van der Waals surface area (Å²) in [6.45, 7) is 13.4. The average molecular weight is 296 g/mol. The molecule has 0 atom stereocenters. The summed E-state index contributed by atoms with van der Waals surface area (Å²) >= 11 is 1.70. The van der Waals surface area contributed by atoms with E-state index >= 15 is 0 Å². The minimum absolute atomic E-state index is 0.217. The first-order chi connectivity index (χ1) is 8.88. The molecule has 0 bridgehead atoms. The highest BCUT2D eigenvalue weighted by atomic mass is 32.2. The molecule has 0 N–H and O–H groups in total. The average Bonchev–Trinajstić information content (AvgIpc) is 2.72. The summed E-state index contributed by atoms with van der Waals surface area (Å²) in [6, 6.07) is 0. The molecule has 0 aromatic carbocycles. The van der Waals surface area contributed by atoms with Crippen LogP contribution in [0.25, 0.3) is 0 Å². The van der Waals surface area contributed by atoms with Gasteiger partial charge in [-0.1, -0.05) is 33.8 Å². The lowest BCUT2D eigenvalue weighted by Gasteiger charge is -2.63. The highest BCUT2D eigenvalue weighted by molar-refractivity contribution is 8.01. The van der Waals surface area contributed by atoms with Gasteiger partial charge in [-0.15, -0.1) is 11.8 Å². The molecular formula is C16H24O3S. The Labute approximate surface area is 125 Å². The molecule has 0 saturated heterocycles. The second-order valence-corrected chi connectivity index (χ2v) is 8.93. The Morgan fingerprint density at radius 1 is 1.20 bits per heavy atom. The van der Waals surface area contributed by atoms with E-state index in [1.165, 1.54) is 0 Å². The van der Waals surface area contributed by atoms with Crippen molar-refractivity contribution in [2.24, 2.45) is 10.8 Å². The molecule has 1 fully saturated rings. The molecule has 1 spiro atoms. The maximum Gasteiger partial charge on any atom is 0.335 e. The summed E-state index contributed by atoms with van der Waals surface area (Å²) < 4.78 is 5.08. The van der Waals surface area contributed by atoms with Crippen molar-refractivity contribution in [3.8, 4) is 0 Å². The third-order valence-electron chi connectivity index (χ3n) is 4.48. The van der Waals surface area contributed by atoms with E-state index in [2.05, 4.69) is 0 Å². The van der Waals surface area contributed by atoms with E-state index in [0.29, 0.717) is 5.57 Å². The Morgan fingerprint density at radius 2 is 1.70 bits per heavy atom. The fourth-order valence-corrected chi connectivity index (χ4v) is 5.61. The smallest absolute Gasteiger partial charge is 0.335 e. The fourth-order valence-electron chi connectivity index (χ4n) is 3.89. The van der Waals surface area contributed by atoms with Crippen LogP contribution in [0.2, 0.25) is 0 Å². The van der Waals surface area contributed by atoms with Crippen molar-refractivity contribution >= 4 is 23.5 Å². The van der Waals surface area contributed by atoms with Gasteiger partial charge in [-0.3, -0.25) is 4.79 Å². The minimum Gasteiger partial charge on any atom is -0.457 e. The van der Waals surface area contributed by atoms with Gasteiger partial charge in [0.15, 0.2) is 0 Å². The lowest BCUT2D eigenvalue weighted by Crippen LogP contribution is -2.73. The molecule has 2 aliphatic rings. The maximum absolute atomic E-state index is 12.5. The van der Waals surface area contributed by atoms with E-state index in [9.17, 15) is 9.59 Å². The van der Waals surface area contributed by atoms with Gasteiger partial charge in [0.25, 0.3) is 0 Å². The zero-order valence-electron chi connectivity index (χ0n) is 13.4. The monoisotopic (exact) mass is 296 g/mol. The van der Waals surface area contributed by atoms with Crippen molar-refractivity contribution in [3.63, 3.8) is 0 Å². The van der Waals surface area contributed by atoms with Crippen LogP contribution in [-0.2, 0) is 14.3 Å². The minimum atomic E-state index is -0.527. The summed E-state index contributed by atoms with van der Waals surface area (Å²) in [5, 5.41) is 0. The number of carbonyl (C=O) groups excluding carboxylic acids is 2. The normalized spacial score (nSPS) is 26.1. The number of ketones is 1. The molecular weight excluding hydrogens is 272 g/mol. The van der Waals surface area contributed by atoms with Crippen LogP contribution in [0.4, 0.5) is 0 Å². The molecule has 0 aromatic rings. The molecule has 1 aliphatic heterocycles. The van der Waals surface area contributed by atoms with Crippen LogP contribution >= 0.6 is 11.8 Å². The zero-order chi connectivity index (χ0) is 15.6. The topological polar surface area (TPSA) is 43.4 Å². The number of hydrogen-bond acceptors (Lipinski definition) is 4. The van der Waals surface area contributed by atoms with Gasteiger partial charge in [0.2, 0.25) is 0 Å². The van der Waals surface area contributed by atoms with Gasteiger partial charge in [0.05, 0.1) is 10.3 Å². The van der Waals surface area contributed by atoms with Crippen LogP contribution in [0.5, 0.6) is 0 Å². The summed E-state index contributed by atoms with van der Waals surface area (Å²) in [5.41, 5.74) is -0.901. The number of thioether (sulfide) groups is 1. The van der Waals surface area contributed by atoms with Crippen LogP contribution in [0.1, 0.15) is 48.5 Å². The molecule has 1 aliphatic carbocycles. The van der Waals surface area contributed by atoms with Gasteiger partial charge in [0, 0.05) is 16.6 Å². The molecule has 0 unspecified atom stereocenters. The Kier molecular flexibility index (Phi) is 3.22. The molecule has 1 saturated carbocycles. The Morgan fingerprint density at radius 3 is 2.15 bits per heavy atom. The number of Topliss-reactive ketones (excluding diaryl/α,β-unsaturated/α-hetero) is 1. The van der Waals surface area contributed by atoms with Crippen LogP contribution < -0.4 is 0 Å². The predicted octanol–water partition coefficient (Wildman–Crippen LogP) is 3.38. The number of hydrogen-bond donors (Lipinski definition) is 0. The van der Waals surface area contributed by atoms with Gasteiger partial charge >= 0.3 is 5.97 Å². The van der Waals surface area contributed by atoms with E-state index < -0.39 is 21.2 Å². The zero-order valence-corrected chi connectivity index (χ0v) is 14.2. The van der Waals surface area contributed by atoms with E-state index in [1.54, 1.807) is 11.8 Å². The summed E-state index contributed by atoms with van der Waals surface area (Å²) in [7, 11) is 0. The van der Waals surface area contributed by atoms with Crippen LogP contribution in [0.15, 0.2) is 11.6 Å². The van der Waals surface area contributed by atoms with Gasteiger partial charge in [0.1, 0.15) is 11.4 Å². The lowest BCUT2D eigenvalue weighted by molar-refractivity contribution is -0.161. The predicted molar refractivity (Wildman–Crippen MR) is 81.7 cm³/mol. The summed E-state index contributed by atoms with van der Waals surface area (Å²) in [6.07, 6.45) is 1.94. The first-order valence-corrected chi connectivity index (χ1v) is 7.99. The molecule has 0 radical (unpaired) electrons. The molecule has 1 heterocycles. The second kappa shape index (κ2) is 4.12. The van der Waals surface area contributed by atoms with Crippen molar-refractivity contribution < 1.29 is 14.3 Å². The van der Waals surface area contributed by atoms with E-state index in [-0.39, 0.29) is 11.8 Å². The van der Waals surface area contributed by atoms with Gasteiger partial charge in [-0.2, -0.15) is 0 Å². The van der Waals surface area contributed by atoms with E-state index in [4.69, 9.17) is 4.74 Å². The third-order valence-corrected chi connectivity index (χ3v) is 6.49. The third kappa shape index (κ3) is 1.73. The van der Waals surface area contributed by atoms with Gasteiger partial charge in [-0.05, 0) is 20.8 Å². The molecule has 0 aromatic heterocycles. The Hall–Kier alpha value is -0.770. The molecule has 3 nitrogen and oxygen atoms in total. The number of carbonyl (C=O) groups is 2. The number of ether oxygens (including phenoxy) is 1.